The standard InChI is InChI=1S/C35H23N5Si/c36-24-26-35(38-23-22-37-26)40-29-16-6-10-20-33(29)41(34-21-11-7-17-30(34)40)31-18-8-4-14-27(31)39(25-12-2-1-3-13-25)28-15-5-9-19-32(28)41/h1-23H. The van der Waals surface area contributed by atoms with E-state index in [1.165, 1.54) is 32.1 Å². The van der Waals surface area contributed by atoms with Crippen molar-refractivity contribution in [1.29, 1.82) is 5.26 Å². The number of para-hydroxylation sites is 5. The highest BCUT2D eigenvalue weighted by Crippen LogP contribution is 2.43. The van der Waals surface area contributed by atoms with E-state index in [0.717, 1.165) is 17.1 Å². The Kier molecular flexibility index (Phi) is 5.14. The van der Waals surface area contributed by atoms with Crippen LogP contribution in [0.4, 0.5) is 34.3 Å². The van der Waals surface area contributed by atoms with E-state index in [0.29, 0.717) is 11.5 Å². The van der Waals surface area contributed by atoms with Gasteiger partial charge in [-0.1, -0.05) is 91.0 Å². The van der Waals surface area contributed by atoms with Crippen LogP contribution in [0.5, 0.6) is 0 Å². The van der Waals surface area contributed by atoms with Gasteiger partial charge in [0, 0.05) is 40.8 Å². The van der Waals surface area contributed by atoms with Crippen molar-refractivity contribution in [2.75, 3.05) is 9.80 Å². The van der Waals surface area contributed by atoms with Gasteiger partial charge in [0.2, 0.25) is 0 Å². The van der Waals surface area contributed by atoms with Gasteiger partial charge in [-0.15, -0.1) is 0 Å². The molecule has 0 saturated heterocycles. The molecule has 2 aliphatic heterocycles. The average molecular weight is 542 g/mol. The van der Waals surface area contributed by atoms with E-state index in [2.05, 4.69) is 148 Å². The number of nitrogens with zero attached hydrogens (tertiary/aromatic N) is 5. The van der Waals surface area contributed by atoms with Crippen molar-refractivity contribution in [2.45, 2.75) is 0 Å². The second-order valence-corrected chi connectivity index (χ2v) is 13.8. The Labute approximate surface area is 239 Å². The van der Waals surface area contributed by atoms with Gasteiger partial charge in [0.05, 0.1) is 0 Å². The summed E-state index contributed by atoms with van der Waals surface area (Å²) in [7, 11) is -2.84. The fourth-order valence-corrected chi connectivity index (χ4v) is 12.2. The fourth-order valence-electron chi connectivity index (χ4n) is 6.73. The number of rotatable bonds is 2. The first-order valence-electron chi connectivity index (χ1n) is 13.6. The maximum atomic E-state index is 10.0. The third-order valence-corrected chi connectivity index (χ3v) is 13.1. The van der Waals surface area contributed by atoms with Crippen molar-refractivity contribution in [2.24, 2.45) is 0 Å². The number of aromatic nitrogens is 2. The summed E-state index contributed by atoms with van der Waals surface area (Å²) >= 11 is 0. The molecular weight excluding hydrogens is 519 g/mol. The van der Waals surface area contributed by atoms with Crippen LogP contribution < -0.4 is 30.5 Å². The lowest BCUT2D eigenvalue weighted by Crippen LogP contribution is -2.79. The van der Waals surface area contributed by atoms with Gasteiger partial charge in [-0.05, 0) is 57.1 Å². The molecule has 3 heterocycles. The second kappa shape index (κ2) is 9.02. The Morgan fingerprint density at radius 1 is 0.488 bits per heavy atom. The van der Waals surface area contributed by atoms with Gasteiger partial charge < -0.3 is 4.90 Å². The minimum absolute atomic E-state index is 0.300. The van der Waals surface area contributed by atoms with E-state index in [-0.39, 0.29) is 0 Å². The van der Waals surface area contributed by atoms with E-state index in [4.69, 9.17) is 4.98 Å². The first-order chi connectivity index (χ1) is 20.3. The molecule has 192 valence electrons. The number of benzene rings is 5. The fraction of sp³-hybridized carbons (Fsp3) is 0. The highest BCUT2D eigenvalue weighted by atomic mass is 28.3. The minimum Gasteiger partial charge on any atom is -0.311 e. The summed E-state index contributed by atoms with van der Waals surface area (Å²) in [6.07, 6.45) is 3.23. The van der Waals surface area contributed by atoms with Crippen LogP contribution in [0.2, 0.25) is 0 Å². The van der Waals surface area contributed by atoms with Crippen LogP contribution in [-0.4, -0.2) is 18.0 Å². The van der Waals surface area contributed by atoms with E-state index in [1.807, 2.05) is 0 Å². The maximum Gasteiger partial charge on any atom is 0.188 e. The van der Waals surface area contributed by atoms with Crippen LogP contribution in [0.3, 0.4) is 0 Å². The van der Waals surface area contributed by atoms with Crippen molar-refractivity contribution >= 4 is 63.1 Å². The summed E-state index contributed by atoms with van der Waals surface area (Å²) in [5.41, 5.74) is 5.89. The van der Waals surface area contributed by atoms with Crippen molar-refractivity contribution in [3.8, 4) is 6.07 Å². The van der Waals surface area contributed by atoms with Gasteiger partial charge in [0.1, 0.15) is 6.07 Å². The molecule has 0 amide bonds. The third-order valence-electron chi connectivity index (χ3n) is 8.21. The zero-order valence-corrected chi connectivity index (χ0v) is 23.0. The molecule has 5 nitrogen and oxygen atoms in total. The maximum absolute atomic E-state index is 10.0. The lowest BCUT2D eigenvalue weighted by atomic mass is 10.1. The van der Waals surface area contributed by atoms with E-state index < -0.39 is 8.07 Å². The molecule has 0 bridgehead atoms. The lowest BCUT2D eigenvalue weighted by molar-refractivity contribution is 1.10. The summed E-state index contributed by atoms with van der Waals surface area (Å²) < 4.78 is 0. The molecule has 0 fully saturated rings. The van der Waals surface area contributed by atoms with Gasteiger partial charge in [-0.25, -0.2) is 9.97 Å². The van der Waals surface area contributed by atoms with Gasteiger partial charge >= 0.3 is 0 Å². The zero-order chi connectivity index (χ0) is 27.4. The zero-order valence-electron chi connectivity index (χ0n) is 22.0. The summed E-state index contributed by atoms with van der Waals surface area (Å²) in [5.74, 6) is 0.544. The predicted molar refractivity (Wildman–Crippen MR) is 167 cm³/mol. The highest BCUT2D eigenvalue weighted by Gasteiger charge is 2.54. The Balaban J connectivity index is 1.53. The quantitative estimate of drug-likeness (QED) is 0.278. The predicted octanol–water partition coefficient (Wildman–Crippen LogP) is 5.29. The highest BCUT2D eigenvalue weighted by molar-refractivity contribution is 7.23. The van der Waals surface area contributed by atoms with Crippen molar-refractivity contribution in [1.82, 2.24) is 9.97 Å². The molecule has 6 aromatic rings. The molecule has 6 heteroatoms. The van der Waals surface area contributed by atoms with Crippen molar-refractivity contribution in [3.63, 3.8) is 0 Å². The Morgan fingerprint density at radius 3 is 1.39 bits per heavy atom. The van der Waals surface area contributed by atoms with Crippen LogP contribution in [-0.2, 0) is 0 Å². The summed E-state index contributed by atoms with van der Waals surface area (Å²) in [4.78, 5) is 13.6. The van der Waals surface area contributed by atoms with Crippen molar-refractivity contribution < 1.29 is 0 Å². The van der Waals surface area contributed by atoms with E-state index in [1.54, 1.807) is 12.4 Å². The van der Waals surface area contributed by atoms with Crippen LogP contribution in [0.15, 0.2) is 140 Å². The van der Waals surface area contributed by atoms with Crippen LogP contribution in [0.25, 0.3) is 0 Å². The molecule has 8 rings (SSSR count). The summed E-state index contributed by atoms with van der Waals surface area (Å²) in [6.45, 7) is 0. The van der Waals surface area contributed by atoms with Gasteiger partial charge in [-0.2, -0.15) is 5.26 Å². The first-order valence-corrected chi connectivity index (χ1v) is 15.6. The van der Waals surface area contributed by atoms with E-state index >= 15 is 0 Å². The molecular formula is C35H23N5Si. The average Bonchev–Trinajstić information content (AvgIpc) is 3.05. The Bertz CT molecular complexity index is 1900. The van der Waals surface area contributed by atoms with Gasteiger partial charge in [0.15, 0.2) is 19.6 Å². The third kappa shape index (κ3) is 3.15. The molecule has 0 aliphatic carbocycles. The SMILES string of the molecule is N#Cc1nccnc1N1c2ccccc2[Si]2(c3ccccc3N(c3ccccc3)c3ccccc32)c2ccccc21. The smallest absolute Gasteiger partial charge is 0.188 e. The van der Waals surface area contributed by atoms with Crippen LogP contribution in [0, 0.1) is 11.3 Å². The molecule has 0 N–H and O–H groups in total. The number of nitriles is 1. The van der Waals surface area contributed by atoms with Crippen LogP contribution >= 0.6 is 0 Å². The normalized spacial score (nSPS) is 13.9. The number of hydrogen-bond donors (Lipinski definition) is 0. The Morgan fingerprint density at radius 2 is 0.902 bits per heavy atom. The molecule has 0 atom stereocenters. The molecule has 5 aromatic carbocycles. The van der Waals surface area contributed by atoms with Crippen molar-refractivity contribution in [3.05, 3.63) is 145 Å². The molecule has 0 saturated carbocycles. The van der Waals surface area contributed by atoms with Crippen LogP contribution in [0.1, 0.15) is 5.69 Å². The van der Waals surface area contributed by atoms with Gasteiger partial charge in [-0.3, -0.25) is 4.90 Å². The Hall–Kier alpha value is -5.51. The summed E-state index contributed by atoms with van der Waals surface area (Å²) in [5, 5.41) is 15.2. The largest absolute Gasteiger partial charge is 0.311 e. The van der Waals surface area contributed by atoms with Gasteiger partial charge in [0.25, 0.3) is 0 Å². The number of fused-ring (bicyclic) bond motifs is 8. The molecule has 2 aliphatic rings. The molecule has 0 radical (unpaired) electrons. The number of hydrogen-bond acceptors (Lipinski definition) is 5. The minimum atomic E-state index is -2.84. The lowest BCUT2D eigenvalue weighted by Gasteiger charge is -2.49. The second-order valence-electron chi connectivity index (χ2n) is 10.2. The number of anilines is 6. The molecule has 0 unspecified atom stereocenters. The topological polar surface area (TPSA) is 56.1 Å². The summed E-state index contributed by atoms with van der Waals surface area (Å²) in [6, 6.07) is 47.9. The monoisotopic (exact) mass is 541 g/mol. The molecule has 1 aromatic heterocycles. The molecule has 41 heavy (non-hydrogen) atoms. The van der Waals surface area contributed by atoms with E-state index in [9.17, 15) is 5.26 Å². The first kappa shape index (κ1) is 23.4. The molecule has 1 spiro atoms.